The molecule has 20 heavy (non-hydrogen) atoms. The fourth-order valence-corrected chi connectivity index (χ4v) is 2.67. The number of halogens is 1. The molecule has 106 valence electrons. The second-order valence-corrected chi connectivity index (χ2v) is 5.67. The van der Waals surface area contributed by atoms with Gasteiger partial charge in [0.05, 0.1) is 0 Å². The third kappa shape index (κ3) is 3.38. The van der Waals surface area contributed by atoms with Crippen LogP contribution in [-0.4, -0.2) is 18.6 Å². The van der Waals surface area contributed by atoms with Gasteiger partial charge in [-0.3, -0.25) is 0 Å². The number of aryl methyl sites for hydroxylation is 1. The molecule has 1 aromatic carbocycles. The lowest BCUT2D eigenvalue weighted by atomic mass is 10.2. The standard InChI is InChI=1S/C16H20BrN3/c1-4-20(15-7-5-6-12(2)8-15)16-13(10-18-3)9-14(17)11-19-16/h5-9,11,18H,4,10H2,1-3H3. The Kier molecular flexibility index (Phi) is 5.15. The van der Waals surface area contributed by atoms with Crippen LogP contribution in [0.3, 0.4) is 0 Å². The molecule has 1 N–H and O–H groups in total. The molecule has 0 atom stereocenters. The maximum atomic E-state index is 4.61. The summed E-state index contributed by atoms with van der Waals surface area (Å²) in [6.07, 6.45) is 1.85. The zero-order valence-electron chi connectivity index (χ0n) is 12.2. The monoisotopic (exact) mass is 333 g/mol. The molecular formula is C16H20BrN3. The summed E-state index contributed by atoms with van der Waals surface area (Å²) in [6.45, 7) is 5.94. The minimum absolute atomic E-state index is 0.796. The van der Waals surface area contributed by atoms with Crippen molar-refractivity contribution in [3.05, 3.63) is 52.1 Å². The minimum atomic E-state index is 0.796. The van der Waals surface area contributed by atoms with E-state index < -0.39 is 0 Å². The van der Waals surface area contributed by atoms with Gasteiger partial charge in [0.25, 0.3) is 0 Å². The van der Waals surface area contributed by atoms with Crippen LogP contribution in [0.2, 0.25) is 0 Å². The first-order valence-corrected chi connectivity index (χ1v) is 7.58. The van der Waals surface area contributed by atoms with E-state index in [0.29, 0.717) is 0 Å². The largest absolute Gasteiger partial charge is 0.326 e. The van der Waals surface area contributed by atoms with E-state index in [0.717, 1.165) is 23.4 Å². The molecule has 0 radical (unpaired) electrons. The highest BCUT2D eigenvalue weighted by Gasteiger charge is 2.13. The number of nitrogens with zero attached hydrogens (tertiary/aromatic N) is 2. The van der Waals surface area contributed by atoms with Crippen LogP contribution in [0.1, 0.15) is 18.1 Å². The molecule has 0 saturated carbocycles. The fraction of sp³-hybridized carbons (Fsp3) is 0.312. The molecule has 2 rings (SSSR count). The number of rotatable bonds is 5. The molecule has 0 aliphatic heterocycles. The Labute approximate surface area is 129 Å². The average molecular weight is 334 g/mol. The lowest BCUT2D eigenvalue weighted by Gasteiger charge is -2.25. The van der Waals surface area contributed by atoms with Crippen LogP contribution in [0.4, 0.5) is 11.5 Å². The molecule has 0 saturated heterocycles. The van der Waals surface area contributed by atoms with Crippen LogP contribution < -0.4 is 10.2 Å². The van der Waals surface area contributed by atoms with Crippen molar-refractivity contribution in [2.75, 3.05) is 18.5 Å². The van der Waals surface area contributed by atoms with Gasteiger partial charge >= 0.3 is 0 Å². The van der Waals surface area contributed by atoms with Crippen LogP contribution in [0.25, 0.3) is 0 Å². The summed E-state index contributed by atoms with van der Waals surface area (Å²) < 4.78 is 1.01. The molecular weight excluding hydrogens is 314 g/mol. The van der Waals surface area contributed by atoms with E-state index in [9.17, 15) is 0 Å². The molecule has 1 aromatic heterocycles. The number of aromatic nitrogens is 1. The highest BCUT2D eigenvalue weighted by molar-refractivity contribution is 9.10. The van der Waals surface area contributed by atoms with Crippen LogP contribution in [0, 0.1) is 6.92 Å². The average Bonchev–Trinajstić information content (AvgIpc) is 2.42. The van der Waals surface area contributed by atoms with Crippen LogP contribution in [0.5, 0.6) is 0 Å². The molecule has 0 aliphatic rings. The summed E-state index contributed by atoms with van der Waals surface area (Å²) in [5.41, 5.74) is 3.62. The third-order valence-corrected chi connectivity index (χ3v) is 3.60. The van der Waals surface area contributed by atoms with Gasteiger partial charge in [0.15, 0.2) is 0 Å². The smallest absolute Gasteiger partial charge is 0.137 e. The number of nitrogens with one attached hydrogen (secondary N) is 1. The molecule has 4 heteroatoms. The van der Waals surface area contributed by atoms with Crippen molar-refractivity contribution in [2.24, 2.45) is 0 Å². The van der Waals surface area contributed by atoms with Gasteiger partial charge in [-0.15, -0.1) is 0 Å². The maximum absolute atomic E-state index is 4.61. The quantitative estimate of drug-likeness (QED) is 0.895. The van der Waals surface area contributed by atoms with Crippen molar-refractivity contribution in [1.82, 2.24) is 10.3 Å². The highest BCUT2D eigenvalue weighted by Crippen LogP contribution is 2.28. The zero-order valence-corrected chi connectivity index (χ0v) is 13.7. The molecule has 0 unspecified atom stereocenters. The Balaban J connectivity index is 2.46. The van der Waals surface area contributed by atoms with Crippen molar-refractivity contribution in [1.29, 1.82) is 0 Å². The first-order chi connectivity index (χ1) is 9.65. The molecule has 0 aliphatic carbocycles. The minimum Gasteiger partial charge on any atom is -0.326 e. The lowest BCUT2D eigenvalue weighted by Crippen LogP contribution is -2.20. The third-order valence-electron chi connectivity index (χ3n) is 3.16. The Morgan fingerprint density at radius 2 is 2.10 bits per heavy atom. The topological polar surface area (TPSA) is 28.2 Å². The van der Waals surface area contributed by atoms with Crippen LogP contribution >= 0.6 is 15.9 Å². The van der Waals surface area contributed by atoms with E-state index in [1.807, 2.05) is 13.2 Å². The number of anilines is 2. The van der Waals surface area contributed by atoms with E-state index in [2.05, 4.69) is 75.3 Å². The lowest BCUT2D eigenvalue weighted by molar-refractivity contribution is 0.805. The second kappa shape index (κ2) is 6.86. The van der Waals surface area contributed by atoms with E-state index in [1.54, 1.807) is 0 Å². The summed E-state index contributed by atoms with van der Waals surface area (Å²) in [7, 11) is 1.95. The van der Waals surface area contributed by atoms with E-state index >= 15 is 0 Å². The molecule has 0 spiro atoms. The van der Waals surface area contributed by atoms with Crippen molar-refractivity contribution in [3.63, 3.8) is 0 Å². The molecule has 0 fully saturated rings. The van der Waals surface area contributed by atoms with Crippen molar-refractivity contribution in [2.45, 2.75) is 20.4 Å². The number of pyridine rings is 1. The molecule has 2 aromatic rings. The normalized spacial score (nSPS) is 10.6. The first kappa shape index (κ1) is 15.0. The Morgan fingerprint density at radius 1 is 1.30 bits per heavy atom. The molecule has 1 heterocycles. The van der Waals surface area contributed by atoms with Crippen LogP contribution in [-0.2, 0) is 6.54 Å². The van der Waals surface area contributed by atoms with Crippen molar-refractivity contribution in [3.8, 4) is 0 Å². The predicted octanol–water partition coefficient (Wildman–Crippen LogP) is 4.03. The number of hydrogen-bond donors (Lipinski definition) is 1. The number of benzene rings is 1. The Hall–Kier alpha value is -1.39. The maximum Gasteiger partial charge on any atom is 0.137 e. The molecule has 3 nitrogen and oxygen atoms in total. The van der Waals surface area contributed by atoms with Gasteiger partial charge in [-0.25, -0.2) is 4.98 Å². The van der Waals surface area contributed by atoms with Crippen molar-refractivity contribution >= 4 is 27.4 Å². The van der Waals surface area contributed by atoms with Gasteiger partial charge in [-0.1, -0.05) is 12.1 Å². The number of hydrogen-bond acceptors (Lipinski definition) is 3. The van der Waals surface area contributed by atoms with E-state index in [1.165, 1.54) is 16.8 Å². The summed E-state index contributed by atoms with van der Waals surface area (Å²) >= 11 is 3.50. The summed E-state index contributed by atoms with van der Waals surface area (Å²) in [5.74, 6) is 1.01. The molecule has 0 amide bonds. The molecule has 0 bridgehead atoms. The van der Waals surface area contributed by atoms with Gasteiger partial charge in [0.1, 0.15) is 5.82 Å². The summed E-state index contributed by atoms with van der Waals surface area (Å²) in [6, 6.07) is 10.6. The fourth-order valence-electron chi connectivity index (χ4n) is 2.29. The predicted molar refractivity (Wildman–Crippen MR) is 88.6 cm³/mol. The van der Waals surface area contributed by atoms with Crippen molar-refractivity contribution < 1.29 is 0 Å². The second-order valence-electron chi connectivity index (χ2n) is 4.75. The highest BCUT2D eigenvalue weighted by atomic mass is 79.9. The van der Waals surface area contributed by atoms with Gasteiger partial charge < -0.3 is 10.2 Å². The van der Waals surface area contributed by atoms with Gasteiger partial charge in [0, 0.05) is 35.0 Å². The Bertz CT molecular complexity index is 584. The van der Waals surface area contributed by atoms with Gasteiger partial charge in [-0.05, 0) is 60.6 Å². The summed E-state index contributed by atoms with van der Waals surface area (Å²) in [4.78, 5) is 6.86. The van der Waals surface area contributed by atoms with Gasteiger partial charge in [0.2, 0.25) is 0 Å². The zero-order chi connectivity index (χ0) is 14.5. The van der Waals surface area contributed by atoms with E-state index in [4.69, 9.17) is 0 Å². The first-order valence-electron chi connectivity index (χ1n) is 6.79. The van der Waals surface area contributed by atoms with Gasteiger partial charge in [-0.2, -0.15) is 0 Å². The Morgan fingerprint density at radius 3 is 2.75 bits per heavy atom. The SMILES string of the molecule is CCN(c1cccc(C)c1)c1ncc(Br)cc1CNC. The summed E-state index contributed by atoms with van der Waals surface area (Å²) in [5, 5.41) is 3.21. The van der Waals surface area contributed by atoms with Crippen LogP contribution in [0.15, 0.2) is 41.0 Å². The van der Waals surface area contributed by atoms with E-state index in [-0.39, 0.29) is 0 Å².